The van der Waals surface area contributed by atoms with Crippen molar-refractivity contribution in [2.24, 2.45) is 0 Å². The van der Waals surface area contributed by atoms with Gasteiger partial charge in [-0.15, -0.1) is 11.6 Å². The number of alkyl halides is 1. The van der Waals surface area contributed by atoms with Crippen LogP contribution in [0.5, 0.6) is 0 Å². The summed E-state index contributed by atoms with van der Waals surface area (Å²) >= 11 is 14.4. The SMILES string of the molecule is C/C=C\C(Cl)=C(\Br)CCl. The second-order valence-corrected chi connectivity index (χ2v) is 3.02. The van der Waals surface area contributed by atoms with Crippen molar-refractivity contribution in [2.45, 2.75) is 6.92 Å². The Hall–Kier alpha value is 0.540. The van der Waals surface area contributed by atoms with Gasteiger partial charge in [-0.3, -0.25) is 0 Å². The summed E-state index contributed by atoms with van der Waals surface area (Å²) in [5, 5.41) is 0.660. The maximum atomic E-state index is 5.69. The van der Waals surface area contributed by atoms with Crippen LogP contribution in [-0.2, 0) is 0 Å². The fraction of sp³-hybridized carbons (Fsp3) is 0.333. The highest BCUT2D eigenvalue weighted by molar-refractivity contribution is 9.11. The fourth-order valence-corrected chi connectivity index (χ4v) is 0.838. The van der Waals surface area contributed by atoms with Crippen molar-refractivity contribution in [1.82, 2.24) is 0 Å². The molecule has 0 aromatic rings. The summed E-state index contributed by atoms with van der Waals surface area (Å²) < 4.78 is 0.823. The quantitative estimate of drug-likeness (QED) is 0.501. The monoisotopic (exact) mass is 228 g/mol. The van der Waals surface area contributed by atoms with E-state index >= 15 is 0 Å². The highest BCUT2D eigenvalue weighted by Gasteiger charge is 1.93. The van der Waals surface area contributed by atoms with Gasteiger partial charge in [0.2, 0.25) is 0 Å². The van der Waals surface area contributed by atoms with Crippen LogP contribution in [0.15, 0.2) is 21.7 Å². The van der Waals surface area contributed by atoms with E-state index in [0.717, 1.165) is 4.48 Å². The van der Waals surface area contributed by atoms with E-state index in [9.17, 15) is 0 Å². The molecule has 52 valence electrons. The van der Waals surface area contributed by atoms with Crippen LogP contribution < -0.4 is 0 Å². The minimum absolute atomic E-state index is 0.420. The molecule has 0 aromatic heterocycles. The summed E-state index contributed by atoms with van der Waals surface area (Å²) in [5.41, 5.74) is 0. The molecule has 0 bridgehead atoms. The third kappa shape index (κ3) is 4.01. The number of allylic oxidation sites excluding steroid dienone is 4. The minimum Gasteiger partial charge on any atom is -0.121 e. The van der Waals surface area contributed by atoms with Crippen LogP contribution in [0.1, 0.15) is 6.92 Å². The average Bonchev–Trinajstić information content (AvgIpc) is 1.87. The van der Waals surface area contributed by atoms with Gasteiger partial charge in [-0.25, -0.2) is 0 Å². The van der Waals surface area contributed by atoms with Crippen molar-refractivity contribution in [3.05, 3.63) is 21.7 Å². The molecule has 0 rings (SSSR count). The molecule has 0 aromatic carbocycles. The number of rotatable bonds is 2. The second-order valence-electron chi connectivity index (χ2n) is 1.39. The standard InChI is InChI=1S/C6H7BrCl2/c1-2-3-6(9)5(7)4-8/h2-3H,4H2,1H3/b3-2-,6-5-. The first-order valence-electron chi connectivity index (χ1n) is 2.45. The molecule has 0 atom stereocenters. The molecular weight excluding hydrogens is 223 g/mol. The normalized spacial score (nSPS) is 14.2. The van der Waals surface area contributed by atoms with E-state index in [1.54, 1.807) is 6.08 Å². The van der Waals surface area contributed by atoms with Crippen molar-refractivity contribution >= 4 is 39.1 Å². The Labute approximate surface area is 73.7 Å². The maximum absolute atomic E-state index is 5.69. The molecule has 9 heavy (non-hydrogen) atoms. The van der Waals surface area contributed by atoms with Crippen LogP contribution in [-0.4, -0.2) is 5.88 Å². The first-order chi connectivity index (χ1) is 4.22. The van der Waals surface area contributed by atoms with E-state index < -0.39 is 0 Å². The molecule has 0 unspecified atom stereocenters. The Kier molecular flexibility index (Phi) is 5.65. The van der Waals surface area contributed by atoms with Gasteiger partial charge in [0.15, 0.2) is 0 Å². The molecule has 3 heteroatoms. The second kappa shape index (κ2) is 5.33. The molecule has 0 aliphatic heterocycles. The zero-order valence-electron chi connectivity index (χ0n) is 5.00. The molecule has 0 N–H and O–H groups in total. The van der Waals surface area contributed by atoms with E-state index in [1.807, 2.05) is 13.0 Å². The first-order valence-corrected chi connectivity index (χ1v) is 4.15. The lowest BCUT2D eigenvalue weighted by Crippen LogP contribution is -1.73. The summed E-state index contributed by atoms with van der Waals surface area (Å²) in [5.74, 6) is 0.420. The Bertz CT molecular complexity index is 138. The summed E-state index contributed by atoms with van der Waals surface area (Å²) in [7, 11) is 0. The zero-order chi connectivity index (χ0) is 7.28. The lowest BCUT2D eigenvalue weighted by molar-refractivity contribution is 1.63. The molecule has 0 aliphatic carbocycles. The number of hydrogen-bond donors (Lipinski definition) is 0. The molecule has 0 saturated carbocycles. The molecular formula is C6H7BrCl2. The number of halogens is 3. The predicted octanol–water partition coefficient (Wildman–Crippen LogP) is 3.65. The largest absolute Gasteiger partial charge is 0.121 e. The lowest BCUT2D eigenvalue weighted by Gasteiger charge is -1.91. The van der Waals surface area contributed by atoms with Crippen LogP contribution in [0.25, 0.3) is 0 Å². The van der Waals surface area contributed by atoms with Gasteiger partial charge in [0.05, 0.1) is 10.9 Å². The van der Waals surface area contributed by atoms with E-state index in [-0.39, 0.29) is 0 Å². The first kappa shape index (κ1) is 9.54. The Morgan fingerprint density at radius 1 is 1.67 bits per heavy atom. The van der Waals surface area contributed by atoms with Gasteiger partial charge in [0, 0.05) is 4.48 Å². The molecule has 0 saturated heterocycles. The van der Waals surface area contributed by atoms with Gasteiger partial charge in [-0.2, -0.15) is 0 Å². The highest BCUT2D eigenvalue weighted by Crippen LogP contribution is 2.17. The van der Waals surface area contributed by atoms with Crippen molar-refractivity contribution in [2.75, 3.05) is 5.88 Å². The maximum Gasteiger partial charge on any atom is 0.0555 e. The van der Waals surface area contributed by atoms with Crippen LogP contribution in [0.2, 0.25) is 0 Å². The molecule has 0 fully saturated rings. The van der Waals surface area contributed by atoms with Crippen molar-refractivity contribution in [3.63, 3.8) is 0 Å². The van der Waals surface area contributed by atoms with E-state index in [0.29, 0.717) is 10.9 Å². The smallest absolute Gasteiger partial charge is 0.0555 e. The van der Waals surface area contributed by atoms with Crippen molar-refractivity contribution in [3.8, 4) is 0 Å². The predicted molar refractivity (Wildman–Crippen MR) is 47.3 cm³/mol. The van der Waals surface area contributed by atoms with Gasteiger partial charge < -0.3 is 0 Å². The molecule has 0 amide bonds. The summed E-state index contributed by atoms with van der Waals surface area (Å²) in [4.78, 5) is 0. The van der Waals surface area contributed by atoms with Gasteiger partial charge in [-0.1, -0.05) is 33.6 Å². The van der Waals surface area contributed by atoms with Gasteiger partial charge in [-0.05, 0) is 13.0 Å². The van der Waals surface area contributed by atoms with Gasteiger partial charge >= 0.3 is 0 Å². The van der Waals surface area contributed by atoms with E-state index in [2.05, 4.69) is 15.9 Å². The third-order valence-corrected chi connectivity index (χ3v) is 2.57. The van der Waals surface area contributed by atoms with Gasteiger partial charge in [0.25, 0.3) is 0 Å². The van der Waals surface area contributed by atoms with Gasteiger partial charge in [0.1, 0.15) is 0 Å². The summed E-state index contributed by atoms with van der Waals surface area (Å²) in [6.07, 6.45) is 3.64. The van der Waals surface area contributed by atoms with E-state index in [1.165, 1.54) is 0 Å². The molecule has 0 nitrogen and oxygen atoms in total. The van der Waals surface area contributed by atoms with Crippen LogP contribution >= 0.6 is 39.1 Å². The summed E-state index contributed by atoms with van der Waals surface area (Å²) in [6, 6.07) is 0. The Balaban J connectivity index is 4.10. The van der Waals surface area contributed by atoms with Crippen LogP contribution in [0.3, 0.4) is 0 Å². The highest BCUT2D eigenvalue weighted by atomic mass is 79.9. The summed E-state index contributed by atoms with van der Waals surface area (Å²) in [6.45, 7) is 1.90. The van der Waals surface area contributed by atoms with Crippen LogP contribution in [0, 0.1) is 0 Å². The minimum atomic E-state index is 0.420. The number of hydrogen-bond acceptors (Lipinski definition) is 0. The molecule has 0 radical (unpaired) electrons. The molecule has 0 heterocycles. The lowest BCUT2D eigenvalue weighted by atomic mass is 10.4. The Morgan fingerprint density at radius 2 is 2.22 bits per heavy atom. The van der Waals surface area contributed by atoms with Crippen LogP contribution in [0.4, 0.5) is 0 Å². The van der Waals surface area contributed by atoms with Crippen molar-refractivity contribution in [1.29, 1.82) is 0 Å². The zero-order valence-corrected chi connectivity index (χ0v) is 8.09. The third-order valence-electron chi connectivity index (χ3n) is 0.689. The fourth-order valence-electron chi connectivity index (χ4n) is 0.301. The Morgan fingerprint density at radius 3 is 2.56 bits per heavy atom. The topological polar surface area (TPSA) is 0 Å². The van der Waals surface area contributed by atoms with Crippen molar-refractivity contribution < 1.29 is 0 Å². The molecule has 0 aliphatic rings. The van der Waals surface area contributed by atoms with E-state index in [4.69, 9.17) is 23.2 Å². The molecule has 0 spiro atoms. The average molecular weight is 230 g/mol.